The second-order valence-electron chi connectivity index (χ2n) is 7.50. The van der Waals surface area contributed by atoms with Crippen LogP contribution in [0.25, 0.3) is 0 Å². The average molecular weight is 361 g/mol. The third-order valence-corrected chi connectivity index (χ3v) is 5.34. The standard InChI is InChI=1S/C20H31N3O3/c1-26-19-6-2-4-16(12-19)13-23-9-3-5-17(14-23)21-20(25)15-22-10-7-18(24)8-11-22/h2,4,6,12,17-18,24H,3,5,7-11,13-15H2,1H3,(H,21,25). The van der Waals surface area contributed by atoms with Crippen LogP contribution in [-0.4, -0.2) is 72.8 Å². The van der Waals surface area contributed by atoms with Crippen LogP contribution in [0.4, 0.5) is 0 Å². The number of piperidine rings is 2. The summed E-state index contributed by atoms with van der Waals surface area (Å²) in [5.74, 6) is 0.991. The largest absolute Gasteiger partial charge is 0.497 e. The second kappa shape index (κ2) is 9.35. The molecule has 3 rings (SSSR count). The molecule has 1 amide bonds. The fourth-order valence-electron chi connectivity index (χ4n) is 3.90. The first kappa shape index (κ1) is 19.1. The Morgan fingerprint density at radius 1 is 1.23 bits per heavy atom. The summed E-state index contributed by atoms with van der Waals surface area (Å²) in [7, 11) is 1.69. The Kier molecular flexibility index (Phi) is 6.88. The van der Waals surface area contributed by atoms with E-state index in [2.05, 4.69) is 27.2 Å². The molecule has 1 atom stereocenters. The molecule has 2 saturated heterocycles. The number of ether oxygens (including phenoxy) is 1. The molecule has 6 nitrogen and oxygen atoms in total. The molecule has 0 saturated carbocycles. The first-order valence-corrected chi connectivity index (χ1v) is 9.67. The Morgan fingerprint density at radius 2 is 2.04 bits per heavy atom. The van der Waals surface area contributed by atoms with E-state index in [1.807, 2.05) is 12.1 Å². The summed E-state index contributed by atoms with van der Waals surface area (Å²) in [5.41, 5.74) is 1.24. The molecule has 1 aromatic rings. The van der Waals surface area contributed by atoms with Gasteiger partial charge >= 0.3 is 0 Å². The molecular weight excluding hydrogens is 330 g/mol. The van der Waals surface area contributed by atoms with Crippen LogP contribution in [0.5, 0.6) is 5.75 Å². The van der Waals surface area contributed by atoms with Gasteiger partial charge in [-0.3, -0.25) is 14.6 Å². The van der Waals surface area contributed by atoms with Gasteiger partial charge in [0, 0.05) is 32.2 Å². The van der Waals surface area contributed by atoms with Crippen molar-refractivity contribution in [2.75, 3.05) is 39.8 Å². The van der Waals surface area contributed by atoms with Crippen molar-refractivity contribution in [2.24, 2.45) is 0 Å². The normalized spacial score (nSPS) is 22.9. The molecule has 6 heteroatoms. The Hall–Kier alpha value is -1.63. The topological polar surface area (TPSA) is 65.0 Å². The van der Waals surface area contributed by atoms with Gasteiger partial charge in [0.15, 0.2) is 0 Å². The molecule has 2 aliphatic rings. The maximum absolute atomic E-state index is 12.4. The van der Waals surface area contributed by atoms with Gasteiger partial charge in [0.25, 0.3) is 0 Å². The first-order chi connectivity index (χ1) is 12.6. The minimum absolute atomic E-state index is 0.106. The maximum Gasteiger partial charge on any atom is 0.234 e. The third kappa shape index (κ3) is 5.69. The zero-order valence-corrected chi connectivity index (χ0v) is 15.7. The lowest BCUT2D eigenvalue weighted by molar-refractivity contribution is -0.123. The third-order valence-electron chi connectivity index (χ3n) is 5.34. The molecule has 2 N–H and O–H groups in total. The lowest BCUT2D eigenvalue weighted by Gasteiger charge is -2.34. The van der Waals surface area contributed by atoms with E-state index < -0.39 is 0 Å². The fourth-order valence-corrected chi connectivity index (χ4v) is 3.90. The maximum atomic E-state index is 12.4. The fraction of sp³-hybridized carbons (Fsp3) is 0.650. The molecule has 1 aromatic carbocycles. The van der Waals surface area contributed by atoms with Gasteiger partial charge in [0.05, 0.1) is 19.8 Å². The van der Waals surface area contributed by atoms with Crippen LogP contribution < -0.4 is 10.1 Å². The zero-order valence-electron chi connectivity index (χ0n) is 15.7. The molecule has 144 valence electrons. The number of rotatable bonds is 6. The van der Waals surface area contributed by atoms with E-state index in [0.29, 0.717) is 6.54 Å². The van der Waals surface area contributed by atoms with Crippen molar-refractivity contribution in [1.82, 2.24) is 15.1 Å². The number of aliphatic hydroxyl groups is 1. The van der Waals surface area contributed by atoms with E-state index in [9.17, 15) is 9.90 Å². The highest BCUT2D eigenvalue weighted by atomic mass is 16.5. The molecule has 0 aromatic heterocycles. The van der Waals surface area contributed by atoms with Crippen molar-refractivity contribution < 1.29 is 14.6 Å². The summed E-state index contributed by atoms with van der Waals surface area (Å²) >= 11 is 0. The number of carbonyl (C=O) groups excluding carboxylic acids is 1. The van der Waals surface area contributed by atoms with Gasteiger partial charge in [-0.15, -0.1) is 0 Å². The summed E-state index contributed by atoms with van der Waals surface area (Å²) in [4.78, 5) is 16.9. The van der Waals surface area contributed by atoms with Gasteiger partial charge in [0.1, 0.15) is 5.75 Å². The van der Waals surface area contributed by atoms with E-state index in [1.165, 1.54) is 5.56 Å². The average Bonchev–Trinajstić information content (AvgIpc) is 2.64. The summed E-state index contributed by atoms with van der Waals surface area (Å²) in [5, 5.41) is 12.8. The minimum atomic E-state index is -0.196. The van der Waals surface area contributed by atoms with Gasteiger partial charge < -0.3 is 15.2 Å². The second-order valence-corrected chi connectivity index (χ2v) is 7.50. The molecule has 2 fully saturated rings. The molecule has 0 bridgehead atoms. The van der Waals surface area contributed by atoms with Crippen molar-refractivity contribution in [2.45, 2.75) is 44.4 Å². The Morgan fingerprint density at radius 3 is 2.81 bits per heavy atom. The number of nitrogens with one attached hydrogen (secondary N) is 1. The van der Waals surface area contributed by atoms with E-state index in [-0.39, 0.29) is 18.1 Å². The number of amides is 1. The van der Waals surface area contributed by atoms with Crippen LogP contribution in [0.3, 0.4) is 0 Å². The number of hydrogen-bond acceptors (Lipinski definition) is 5. The first-order valence-electron chi connectivity index (χ1n) is 9.67. The molecule has 1 unspecified atom stereocenters. The number of carbonyl (C=O) groups is 1. The predicted octanol–water partition coefficient (Wildman–Crippen LogP) is 1.23. The van der Waals surface area contributed by atoms with E-state index in [1.54, 1.807) is 7.11 Å². The molecular formula is C20H31N3O3. The van der Waals surface area contributed by atoms with Crippen LogP contribution in [0.1, 0.15) is 31.2 Å². The summed E-state index contributed by atoms with van der Waals surface area (Å²) in [6.45, 7) is 4.89. The quantitative estimate of drug-likeness (QED) is 0.798. The highest BCUT2D eigenvalue weighted by Gasteiger charge is 2.23. The Labute approximate surface area is 156 Å². The predicted molar refractivity (Wildman–Crippen MR) is 101 cm³/mol. The van der Waals surface area contributed by atoms with Crippen LogP contribution in [-0.2, 0) is 11.3 Å². The van der Waals surface area contributed by atoms with Gasteiger partial charge in [0.2, 0.25) is 5.91 Å². The van der Waals surface area contributed by atoms with Crippen LogP contribution in [0.2, 0.25) is 0 Å². The zero-order chi connectivity index (χ0) is 18.4. The van der Waals surface area contributed by atoms with Crippen molar-refractivity contribution in [3.05, 3.63) is 29.8 Å². The summed E-state index contributed by atoms with van der Waals surface area (Å²) in [6, 6.07) is 8.40. The summed E-state index contributed by atoms with van der Waals surface area (Å²) < 4.78 is 5.30. The number of methoxy groups -OCH3 is 1. The molecule has 26 heavy (non-hydrogen) atoms. The molecule has 0 aliphatic carbocycles. The minimum Gasteiger partial charge on any atom is -0.497 e. The van der Waals surface area contributed by atoms with Crippen LogP contribution in [0, 0.1) is 0 Å². The van der Waals surface area contributed by atoms with Gasteiger partial charge in [-0.05, 0) is 49.9 Å². The smallest absolute Gasteiger partial charge is 0.234 e. The highest BCUT2D eigenvalue weighted by molar-refractivity contribution is 5.78. The van der Waals surface area contributed by atoms with E-state index in [4.69, 9.17) is 4.74 Å². The lowest BCUT2D eigenvalue weighted by atomic mass is 10.0. The van der Waals surface area contributed by atoms with E-state index in [0.717, 1.165) is 64.2 Å². The van der Waals surface area contributed by atoms with Crippen molar-refractivity contribution in [3.8, 4) is 5.75 Å². The molecule has 2 heterocycles. The Bertz CT molecular complexity index is 587. The van der Waals surface area contributed by atoms with Crippen LogP contribution >= 0.6 is 0 Å². The number of likely N-dealkylation sites (tertiary alicyclic amines) is 2. The SMILES string of the molecule is COc1cccc(CN2CCCC(NC(=O)CN3CCC(O)CC3)C2)c1. The van der Waals surface area contributed by atoms with Gasteiger partial charge in [-0.2, -0.15) is 0 Å². The van der Waals surface area contributed by atoms with Gasteiger partial charge in [-0.1, -0.05) is 12.1 Å². The van der Waals surface area contributed by atoms with Crippen molar-refractivity contribution >= 4 is 5.91 Å². The lowest BCUT2D eigenvalue weighted by Crippen LogP contribution is -2.50. The van der Waals surface area contributed by atoms with Crippen molar-refractivity contribution in [1.29, 1.82) is 0 Å². The highest BCUT2D eigenvalue weighted by Crippen LogP contribution is 2.17. The van der Waals surface area contributed by atoms with Crippen molar-refractivity contribution in [3.63, 3.8) is 0 Å². The number of aliphatic hydroxyl groups excluding tert-OH is 1. The Balaban J connectivity index is 1.44. The van der Waals surface area contributed by atoms with E-state index >= 15 is 0 Å². The van der Waals surface area contributed by atoms with Gasteiger partial charge in [-0.25, -0.2) is 0 Å². The number of benzene rings is 1. The molecule has 2 aliphatic heterocycles. The summed E-state index contributed by atoms with van der Waals surface area (Å²) in [6.07, 6.45) is 3.48. The number of nitrogens with zero attached hydrogens (tertiary/aromatic N) is 2. The molecule has 0 radical (unpaired) electrons. The van der Waals surface area contributed by atoms with Crippen LogP contribution in [0.15, 0.2) is 24.3 Å². The monoisotopic (exact) mass is 361 g/mol. The molecule has 0 spiro atoms. The number of hydrogen-bond donors (Lipinski definition) is 2.